The molecule has 1 aliphatic rings. The van der Waals surface area contributed by atoms with E-state index < -0.39 is 90.5 Å². The normalized spacial score (nSPS) is 21.6. The SMILES string of the molecule is CC(C)(COP(=O)(O)OP(=O)(O)OC[C@H]1O[C@@H](n2cnc3c(N)ncnc32)[C@H](O)[C@@H]1OP(=O)(O)O)[C@@H](O)C(=O)NCCC(=O)NCCSC(=O)C(CO)c1ccccc1. The Morgan fingerprint density at radius 2 is 1.69 bits per heavy atom. The molecule has 3 heterocycles. The van der Waals surface area contributed by atoms with Gasteiger partial charge in [0.15, 0.2) is 22.8 Å². The molecule has 8 atom stereocenters. The van der Waals surface area contributed by atoms with E-state index in [1.54, 1.807) is 30.3 Å². The lowest BCUT2D eigenvalue weighted by molar-refractivity contribution is -0.137. The fraction of sp³-hybridized carbons (Fsp3) is 0.533. The summed E-state index contributed by atoms with van der Waals surface area (Å²) in [5.41, 5.74) is 4.89. The van der Waals surface area contributed by atoms with Crippen LogP contribution in [0.2, 0.25) is 0 Å². The van der Waals surface area contributed by atoms with Gasteiger partial charge in [0.05, 0.1) is 32.1 Å². The molecule has 11 N–H and O–H groups in total. The smallest absolute Gasteiger partial charge is 0.395 e. The van der Waals surface area contributed by atoms with Gasteiger partial charge in [-0.05, 0) is 5.56 Å². The number of hydrogen-bond acceptors (Lipinski definition) is 19. The Bertz CT molecular complexity index is 2080. The molecule has 3 aromatic rings. The van der Waals surface area contributed by atoms with Gasteiger partial charge in [0, 0.05) is 30.7 Å². The molecule has 0 bridgehead atoms. The molecule has 1 aliphatic heterocycles. The number of anilines is 1. The van der Waals surface area contributed by atoms with E-state index in [-0.39, 0.29) is 54.0 Å². The van der Waals surface area contributed by atoms with Crippen LogP contribution < -0.4 is 16.4 Å². The van der Waals surface area contributed by atoms with E-state index in [1.807, 2.05) is 0 Å². The summed E-state index contributed by atoms with van der Waals surface area (Å²) in [5.74, 6) is -2.03. The lowest BCUT2D eigenvalue weighted by atomic mass is 9.87. The van der Waals surface area contributed by atoms with E-state index in [0.29, 0.717) is 5.56 Å². The van der Waals surface area contributed by atoms with Crippen molar-refractivity contribution in [2.45, 2.75) is 56.8 Å². The third-order valence-corrected chi connectivity index (χ3v) is 12.5. The summed E-state index contributed by atoms with van der Waals surface area (Å²) in [6.45, 7) is -0.0716. The lowest BCUT2D eigenvalue weighted by Gasteiger charge is -2.30. The van der Waals surface area contributed by atoms with Gasteiger partial charge < -0.3 is 56.0 Å². The molecule has 2 aromatic heterocycles. The van der Waals surface area contributed by atoms with Crippen LogP contribution in [0.25, 0.3) is 11.2 Å². The predicted octanol–water partition coefficient (Wildman–Crippen LogP) is -0.559. The first-order valence-electron chi connectivity index (χ1n) is 17.3. The number of nitrogens with one attached hydrogen (secondary N) is 2. The summed E-state index contributed by atoms with van der Waals surface area (Å²) in [7, 11) is -16.4. The monoisotopic (exact) mass is 915 g/mol. The zero-order valence-electron chi connectivity index (χ0n) is 31.2. The van der Waals surface area contributed by atoms with Crippen molar-refractivity contribution in [3.63, 3.8) is 0 Å². The van der Waals surface area contributed by atoms with Crippen LogP contribution in [0, 0.1) is 5.41 Å². The Balaban J connectivity index is 1.22. The molecule has 0 spiro atoms. The number of amides is 2. The molecule has 1 fully saturated rings. The average molecular weight is 916 g/mol. The largest absolute Gasteiger partial charge is 0.481 e. The molecule has 29 heteroatoms. The van der Waals surface area contributed by atoms with E-state index in [2.05, 4.69) is 34.4 Å². The van der Waals surface area contributed by atoms with Crippen LogP contribution in [-0.2, 0) is 50.7 Å². The molecule has 4 rings (SSSR count). The molecule has 59 heavy (non-hydrogen) atoms. The van der Waals surface area contributed by atoms with Crippen LogP contribution in [0.3, 0.4) is 0 Å². The molecule has 0 aliphatic carbocycles. The Hall–Kier alpha value is -3.26. The number of aromatic nitrogens is 4. The number of phosphoric ester groups is 3. The van der Waals surface area contributed by atoms with Crippen LogP contribution in [-0.4, -0.2) is 134 Å². The number of carbonyl (C=O) groups excluding carboxylic acids is 3. The van der Waals surface area contributed by atoms with Crippen molar-refractivity contribution in [2.75, 3.05) is 44.4 Å². The van der Waals surface area contributed by atoms with Crippen molar-refractivity contribution < 1.29 is 85.6 Å². The van der Waals surface area contributed by atoms with Gasteiger partial charge in [-0.25, -0.2) is 28.6 Å². The Morgan fingerprint density at radius 3 is 2.36 bits per heavy atom. The molecular formula is C30H44N7O18P3S. The number of nitrogens with zero attached hydrogens (tertiary/aromatic N) is 4. The first-order chi connectivity index (χ1) is 27.5. The van der Waals surface area contributed by atoms with Crippen LogP contribution in [0.5, 0.6) is 0 Å². The number of nitrogen functional groups attached to an aromatic ring is 1. The van der Waals surface area contributed by atoms with Crippen molar-refractivity contribution in [1.82, 2.24) is 30.2 Å². The van der Waals surface area contributed by atoms with Crippen molar-refractivity contribution in [3.05, 3.63) is 48.5 Å². The molecule has 2 amide bonds. The fourth-order valence-electron chi connectivity index (χ4n) is 5.38. The lowest BCUT2D eigenvalue weighted by Crippen LogP contribution is -2.46. The maximum atomic E-state index is 12.7. The van der Waals surface area contributed by atoms with E-state index in [1.165, 1.54) is 13.8 Å². The van der Waals surface area contributed by atoms with E-state index in [4.69, 9.17) is 19.5 Å². The highest BCUT2D eigenvalue weighted by atomic mass is 32.2. The summed E-state index contributed by atoms with van der Waals surface area (Å²) in [6.07, 6.45) is -7.03. The number of aliphatic hydroxyl groups is 3. The third-order valence-electron chi connectivity index (χ3n) is 8.42. The van der Waals surface area contributed by atoms with Crippen molar-refractivity contribution in [3.8, 4) is 0 Å². The zero-order valence-corrected chi connectivity index (χ0v) is 34.7. The summed E-state index contributed by atoms with van der Waals surface area (Å²) in [4.78, 5) is 88.3. The number of rotatable bonds is 22. The number of imidazole rings is 1. The number of hydrogen-bond donors (Lipinski definition) is 10. The maximum Gasteiger partial charge on any atom is 0.481 e. The maximum absolute atomic E-state index is 12.7. The Kier molecular flexibility index (Phi) is 16.8. The highest BCUT2D eigenvalue weighted by molar-refractivity contribution is 8.13. The molecule has 3 unspecified atom stereocenters. The van der Waals surface area contributed by atoms with Crippen molar-refractivity contribution in [2.24, 2.45) is 5.41 Å². The highest BCUT2D eigenvalue weighted by Crippen LogP contribution is 2.61. The van der Waals surface area contributed by atoms with Gasteiger partial charge in [-0.3, -0.25) is 32.5 Å². The number of phosphoric acid groups is 3. The van der Waals surface area contributed by atoms with Crippen LogP contribution >= 0.6 is 35.2 Å². The minimum atomic E-state index is -5.59. The first-order valence-corrected chi connectivity index (χ1v) is 22.8. The van der Waals surface area contributed by atoms with E-state index in [9.17, 15) is 63.0 Å². The third kappa shape index (κ3) is 13.9. The number of ether oxygens (including phenoxy) is 1. The molecule has 328 valence electrons. The molecular weight excluding hydrogens is 871 g/mol. The Labute approximate surface area is 339 Å². The Morgan fingerprint density at radius 1 is 1.02 bits per heavy atom. The van der Waals surface area contributed by atoms with Crippen LogP contribution in [0.4, 0.5) is 5.82 Å². The minimum absolute atomic E-state index is 0.0242. The van der Waals surface area contributed by atoms with E-state index in [0.717, 1.165) is 29.0 Å². The zero-order chi connectivity index (χ0) is 43.8. The molecule has 25 nitrogen and oxygen atoms in total. The number of carbonyl (C=O) groups is 3. The van der Waals surface area contributed by atoms with Gasteiger partial charge in [-0.1, -0.05) is 55.9 Å². The van der Waals surface area contributed by atoms with Crippen molar-refractivity contribution in [1.29, 1.82) is 0 Å². The number of nitrogens with two attached hydrogens (primary N) is 1. The summed E-state index contributed by atoms with van der Waals surface area (Å²) >= 11 is 0.938. The summed E-state index contributed by atoms with van der Waals surface area (Å²) in [6, 6.07) is 8.72. The number of fused-ring (bicyclic) bond motifs is 1. The second-order valence-electron chi connectivity index (χ2n) is 13.4. The van der Waals surface area contributed by atoms with Crippen LogP contribution in [0.1, 0.15) is 38.0 Å². The fourth-order valence-corrected chi connectivity index (χ4v) is 9.03. The minimum Gasteiger partial charge on any atom is -0.395 e. The van der Waals surface area contributed by atoms with E-state index >= 15 is 0 Å². The standard InChI is InChI=1S/C30H44N7O18P3S/c1-30(2,24(41)27(42)33-9-8-20(39)32-10-11-59-29(43)18(12-38)17-6-4-3-5-7-17)14-52-58(49,50)55-57(47,48)51-13-19-23(54-56(44,45)46)22(40)28(53-19)37-16-36-21-25(31)34-15-35-26(21)37/h3-7,15-16,18-19,22-24,28,38,40-41H,8-14H2,1-2H3,(H,32,39)(H,33,42)(H,47,48)(H,49,50)(H2,31,34,35)(H2,44,45,46)/t18?,19-,22-,23-,24+,28-/m1/s1. The average Bonchev–Trinajstić information content (AvgIpc) is 3.72. The quantitative estimate of drug-likeness (QED) is 0.0446. The highest BCUT2D eigenvalue weighted by Gasteiger charge is 2.50. The molecule has 0 radical (unpaired) electrons. The number of aliphatic hydroxyl groups excluding tert-OH is 3. The summed E-state index contributed by atoms with van der Waals surface area (Å²) < 4.78 is 62.2. The summed E-state index contributed by atoms with van der Waals surface area (Å²) in [5, 5.41) is 35.7. The number of benzene rings is 1. The predicted molar refractivity (Wildman–Crippen MR) is 203 cm³/mol. The second kappa shape index (κ2) is 20.5. The van der Waals surface area contributed by atoms with Gasteiger partial charge in [-0.2, -0.15) is 4.31 Å². The number of thioether (sulfide) groups is 1. The first kappa shape index (κ1) is 48.4. The van der Waals surface area contributed by atoms with Crippen LogP contribution in [0.15, 0.2) is 43.0 Å². The second-order valence-corrected chi connectivity index (χ2v) is 18.7. The van der Waals surface area contributed by atoms with Crippen molar-refractivity contribution >= 4 is 69.1 Å². The van der Waals surface area contributed by atoms with Gasteiger partial charge in [-0.15, -0.1) is 0 Å². The van der Waals surface area contributed by atoms with Gasteiger partial charge >= 0.3 is 23.5 Å². The molecule has 0 saturated carbocycles. The van der Waals surface area contributed by atoms with Gasteiger partial charge in [0.25, 0.3) is 0 Å². The van der Waals surface area contributed by atoms with Gasteiger partial charge in [0.1, 0.15) is 36.3 Å². The molecule has 1 aromatic carbocycles. The topological polar surface area (TPSA) is 384 Å². The van der Waals surface area contributed by atoms with Gasteiger partial charge in [0.2, 0.25) is 11.8 Å². The molecule has 1 saturated heterocycles.